The van der Waals surface area contributed by atoms with Crippen LogP contribution in [0.4, 0.5) is 17.1 Å². The fraction of sp³-hybridized carbons (Fsp3) is 0.143. The van der Waals surface area contributed by atoms with E-state index in [4.69, 9.17) is 0 Å². The average molecular weight is 379 g/mol. The Kier molecular flexibility index (Phi) is 5.98. The van der Waals surface area contributed by atoms with Crippen molar-refractivity contribution in [3.63, 3.8) is 0 Å². The summed E-state index contributed by atoms with van der Waals surface area (Å²) in [4.78, 5) is 0.246. The van der Waals surface area contributed by atoms with Gasteiger partial charge in [0, 0.05) is 5.69 Å². The van der Waals surface area contributed by atoms with Crippen LogP contribution in [0.15, 0.2) is 94.0 Å². The number of sulfonamides is 1. The number of hydrogen-bond donors (Lipinski definition) is 1. The van der Waals surface area contributed by atoms with Crippen LogP contribution < -0.4 is 4.72 Å². The number of hydrogen-bond acceptors (Lipinski definition) is 4. The molecule has 0 saturated heterocycles. The molecular weight excluding hydrogens is 358 g/mol. The van der Waals surface area contributed by atoms with E-state index < -0.39 is 10.0 Å². The smallest absolute Gasteiger partial charge is 0.261 e. The highest BCUT2D eigenvalue weighted by molar-refractivity contribution is 7.92. The van der Waals surface area contributed by atoms with E-state index in [1.165, 1.54) is 0 Å². The predicted octanol–water partition coefficient (Wildman–Crippen LogP) is 5.86. The van der Waals surface area contributed by atoms with Gasteiger partial charge in [-0.25, -0.2) is 8.42 Å². The number of azo groups is 1. The fourth-order valence-corrected chi connectivity index (χ4v) is 3.60. The molecule has 1 N–H and O–H groups in total. The van der Waals surface area contributed by atoms with Crippen molar-refractivity contribution < 1.29 is 8.42 Å². The summed E-state index contributed by atoms with van der Waals surface area (Å²) < 4.78 is 27.6. The maximum atomic E-state index is 12.5. The zero-order valence-electron chi connectivity index (χ0n) is 15.0. The van der Waals surface area contributed by atoms with E-state index in [1.54, 1.807) is 36.4 Å². The van der Waals surface area contributed by atoms with Gasteiger partial charge in [0.15, 0.2) is 0 Å². The lowest BCUT2D eigenvalue weighted by molar-refractivity contribution is 0.601. The highest BCUT2D eigenvalue weighted by Crippen LogP contribution is 2.22. The van der Waals surface area contributed by atoms with Gasteiger partial charge in [-0.3, -0.25) is 4.72 Å². The Morgan fingerprint density at radius 3 is 1.96 bits per heavy atom. The summed E-state index contributed by atoms with van der Waals surface area (Å²) in [6, 6.07) is 23.2. The molecule has 0 aliphatic carbocycles. The summed E-state index contributed by atoms with van der Waals surface area (Å²) in [6.07, 6.45) is 1.96. The molecule has 3 aromatic carbocycles. The monoisotopic (exact) mass is 379 g/mol. The second-order valence-electron chi connectivity index (χ2n) is 6.08. The highest BCUT2D eigenvalue weighted by atomic mass is 32.2. The van der Waals surface area contributed by atoms with E-state index in [2.05, 4.69) is 21.9 Å². The summed E-state index contributed by atoms with van der Waals surface area (Å²) in [5.41, 5.74) is 3.01. The zero-order chi connectivity index (χ0) is 19.1. The van der Waals surface area contributed by atoms with Gasteiger partial charge in [-0.1, -0.05) is 43.7 Å². The molecule has 3 rings (SSSR count). The van der Waals surface area contributed by atoms with E-state index in [9.17, 15) is 8.42 Å². The van der Waals surface area contributed by atoms with Crippen molar-refractivity contribution in [3.8, 4) is 0 Å². The van der Waals surface area contributed by atoms with Gasteiger partial charge in [0.25, 0.3) is 10.0 Å². The Balaban J connectivity index is 1.69. The highest BCUT2D eigenvalue weighted by Gasteiger charge is 2.13. The van der Waals surface area contributed by atoms with E-state index in [0.717, 1.165) is 24.1 Å². The summed E-state index contributed by atoms with van der Waals surface area (Å²) in [7, 11) is -3.62. The molecule has 3 aromatic rings. The molecule has 0 amide bonds. The third kappa shape index (κ3) is 5.24. The standard InChI is InChI=1S/C21H21N3O2S/c1-2-6-17-9-15-21(16-10-17)27(25,26)24-20-13-11-19(12-14-20)23-22-18-7-4-3-5-8-18/h3-5,7-16,24H,2,6H2,1H3. The van der Waals surface area contributed by atoms with E-state index in [0.29, 0.717) is 11.4 Å². The van der Waals surface area contributed by atoms with Crippen molar-refractivity contribution in [1.82, 2.24) is 0 Å². The van der Waals surface area contributed by atoms with Crippen molar-refractivity contribution in [2.24, 2.45) is 10.2 Å². The van der Waals surface area contributed by atoms with E-state index >= 15 is 0 Å². The number of nitrogens with one attached hydrogen (secondary N) is 1. The van der Waals surface area contributed by atoms with Crippen LogP contribution in [-0.4, -0.2) is 8.42 Å². The third-order valence-electron chi connectivity index (χ3n) is 3.93. The number of aryl methyl sites for hydroxylation is 1. The Labute approximate surface area is 159 Å². The number of rotatable bonds is 7. The molecular formula is C21H21N3O2S. The minimum Gasteiger partial charge on any atom is -0.280 e. The SMILES string of the molecule is CCCc1ccc(S(=O)(=O)Nc2ccc(N=Nc3ccccc3)cc2)cc1. The number of nitrogens with zero attached hydrogens (tertiary/aromatic N) is 2. The minimum absolute atomic E-state index is 0.246. The van der Waals surface area contributed by atoms with Crippen molar-refractivity contribution in [2.45, 2.75) is 24.7 Å². The lowest BCUT2D eigenvalue weighted by Crippen LogP contribution is -2.12. The maximum absolute atomic E-state index is 12.5. The van der Waals surface area contributed by atoms with Gasteiger partial charge in [-0.2, -0.15) is 10.2 Å². The van der Waals surface area contributed by atoms with Crippen LogP contribution in [-0.2, 0) is 16.4 Å². The van der Waals surface area contributed by atoms with Gasteiger partial charge >= 0.3 is 0 Å². The Morgan fingerprint density at radius 2 is 1.37 bits per heavy atom. The van der Waals surface area contributed by atoms with Crippen molar-refractivity contribution in [2.75, 3.05) is 4.72 Å². The summed E-state index contributed by atoms with van der Waals surface area (Å²) in [5.74, 6) is 0. The molecule has 0 bridgehead atoms. The minimum atomic E-state index is -3.62. The predicted molar refractivity (Wildman–Crippen MR) is 108 cm³/mol. The number of benzene rings is 3. The van der Waals surface area contributed by atoms with E-state index in [-0.39, 0.29) is 4.90 Å². The second kappa shape index (κ2) is 8.60. The van der Waals surface area contributed by atoms with Crippen LogP contribution in [0.2, 0.25) is 0 Å². The van der Waals surface area contributed by atoms with E-state index in [1.807, 2.05) is 42.5 Å². The molecule has 6 heteroatoms. The summed E-state index contributed by atoms with van der Waals surface area (Å²) in [6.45, 7) is 2.09. The number of anilines is 1. The van der Waals surface area contributed by atoms with Crippen LogP contribution in [0.3, 0.4) is 0 Å². The Bertz CT molecular complexity index is 998. The first kappa shape index (κ1) is 18.8. The van der Waals surface area contributed by atoms with Crippen molar-refractivity contribution in [1.29, 1.82) is 0 Å². The topological polar surface area (TPSA) is 70.9 Å². The normalized spacial score (nSPS) is 11.6. The molecule has 0 fully saturated rings. The van der Waals surface area contributed by atoms with Gasteiger partial charge < -0.3 is 0 Å². The van der Waals surface area contributed by atoms with Crippen LogP contribution in [0, 0.1) is 0 Å². The summed E-state index contributed by atoms with van der Waals surface area (Å²) >= 11 is 0. The zero-order valence-corrected chi connectivity index (χ0v) is 15.9. The molecule has 0 aliphatic heterocycles. The van der Waals surface area contributed by atoms with Gasteiger partial charge in [-0.05, 0) is 60.5 Å². The van der Waals surface area contributed by atoms with Crippen LogP contribution in [0.5, 0.6) is 0 Å². The van der Waals surface area contributed by atoms with Crippen LogP contribution in [0.1, 0.15) is 18.9 Å². The third-order valence-corrected chi connectivity index (χ3v) is 5.33. The lowest BCUT2D eigenvalue weighted by Gasteiger charge is -2.09. The lowest BCUT2D eigenvalue weighted by atomic mass is 10.1. The first-order valence-corrected chi connectivity index (χ1v) is 10.2. The van der Waals surface area contributed by atoms with Gasteiger partial charge in [0.2, 0.25) is 0 Å². The molecule has 0 saturated carbocycles. The largest absolute Gasteiger partial charge is 0.280 e. The molecule has 0 unspecified atom stereocenters. The van der Waals surface area contributed by atoms with Crippen LogP contribution in [0.25, 0.3) is 0 Å². The molecule has 0 aliphatic rings. The summed E-state index contributed by atoms with van der Waals surface area (Å²) in [5, 5.41) is 8.29. The molecule has 0 heterocycles. The Morgan fingerprint density at radius 1 is 0.778 bits per heavy atom. The fourth-order valence-electron chi connectivity index (χ4n) is 2.54. The molecule has 5 nitrogen and oxygen atoms in total. The second-order valence-corrected chi connectivity index (χ2v) is 7.76. The quantitative estimate of drug-likeness (QED) is 0.523. The average Bonchev–Trinajstić information content (AvgIpc) is 2.69. The molecule has 0 radical (unpaired) electrons. The van der Waals surface area contributed by atoms with Gasteiger partial charge in [-0.15, -0.1) is 0 Å². The molecule has 0 spiro atoms. The molecule has 138 valence electrons. The molecule has 0 aromatic heterocycles. The van der Waals surface area contributed by atoms with Gasteiger partial charge in [0.05, 0.1) is 16.3 Å². The molecule has 27 heavy (non-hydrogen) atoms. The first-order valence-electron chi connectivity index (χ1n) is 8.75. The van der Waals surface area contributed by atoms with Crippen molar-refractivity contribution >= 4 is 27.1 Å². The van der Waals surface area contributed by atoms with Gasteiger partial charge in [0.1, 0.15) is 0 Å². The van der Waals surface area contributed by atoms with Crippen molar-refractivity contribution in [3.05, 3.63) is 84.4 Å². The Hall–Kier alpha value is -2.99. The molecule has 0 atom stereocenters. The van der Waals surface area contributed by atoms with Crippen LogP contribution >= 0.6 is 0 Å². The maximum Gasteiger partial charge on any atom is 0.261 e. The first-order chi connectivity index (χ1) is 13.1.